The summed E-state index contributed by atoms with van der Waals surface area (Å²) in [6.07, 6.45) is 3.86. The van der Waals surface area contributed by atoms with Crippen molar-refractivity contribution in [3.8, 4) is 5.69 Å². The van der Waals surface area contributed by atoms with Crippen LogP contribution in [0, 0.1) is 5.82 Å². The molecule has 2 unspecified atom stereocenters. The van der Waals surface area contributed by atoms with Crippen LogP contribution in [-0.2, 0) is 6.54 Å². The number of aliphatic hydroxyl groups is 1. The van der Waals surface area contributed by atoms with E-state index in [1.165, 1.54) is 12.1 Å². The molecule has 5 heteroatoms. The molecular formula is C20H22FN3O. The van der Waals surface area contributed by atoms with Crippen molar-refractivity contribution in [1.82, 2.24) is 15.1 Å². The molecule has 2 atom stereocenters. The molecule has 2 N–H and O–H groups in total. The summed E-state index contributed by atoms with van der Waals surface area (Å²) < 4.78 is 14.7. The van der Waals surface area contributed by atoms with Gasteiger partial charge >= 0.3 is 0 Å². The fraction of sp³-hybridized carbons (Fsp3) is 0.250. The van der Waals surface area contributed by atoms with E-state index >= 15 is 0 Å². The van der Waals surface area contributed by atoms with E-state index in [1.54, 1.807) is 23.0 Å². The summed E-state index contributed by atoms with van der Waals surface area (Å²) in [5.41, 5.74) is 2.78. The summed E-state index contributed by atoms with van der Waals surface area (Å²) in [7, 11) is 0. The third kappa shape index (κ3) is 4.75. The summed E-state index contributed by atoms with van der Waals surface area (Å²) in [5.74, 6) is -0.261. The highest BCUT2D eigenvalue weighted by Gasteiger charge is 2.12. The highest BCUT2D eigenvalue weighted by Crippen LogP contribution is 2.18. The molecular weight excluding hydrogens is 317 g/mol. The van der Waals surface area contributed by atoms with Gasteiger partial charge in [-0.3, -0.25) is 0 Å². The standard InChI is InChI=1S/C20H22FN3O/c1-15(11-20(25)17-5-3-2-4-6-17)22-12-16-13-23-24(14-16)19-9-7-18(21)8-10-19/h2-10,13-15,20,22,25H,11-12H2,1H3. The third-order valence-electron chi connectivity index (χ3n) is 4.14. The Kier molecular flexibility index (Phi) is 5.58. The number of halogens is 1. The van der Waals surface area contributed by atoms with Crippen LogP contribution in [0.15, 0.2) is 67.0 Å². The molecule has 4 nitrogen and oxygen atoms in total. The van der Waals surface area contributed by atoms with Crippen molar-refractivity contribution in [2.75, 3.05) is 0 Å². The fourth-order valence-electron chi connectivity index (χ4n) is 2.71. The first-order valence-corrected chi connectivity index (χ1v) is 8.37. The van der Waals surface area contributed by atoms with E-state index < -0.39 is 6.10 Å². The molecule has 0 aliphatic carbocycles. The maximum atomic E-state index is 13.0. The van der Waals surface area contributed by atoms with Crippen LogP contribution < -0.4 is 5.32 Å². The van der Waals surface area contributed by atoms with Crippen molar-refractivity contribution in [1.29, 1.82) is 0 Å². The Hall–Kier alpha value is -2.50. The Bertz CT molecular complexity index is 786. The van der Waals surface area contributed by atoms with E-state index in [0.717, 1.165) is 16.8 Å². The average molecular weight is 339 g/mol. The molecule has 0 amide bonds. The predicted octanol–water partition coefficient (Wildman–Crippen LogP) is 3.61. The molecule has 0 fully saturated rings. The lowest BCUT2D eigenvalue weighted by molar-refractivity contribution is 0.154. The van der Waals surface area contributed by atoms with Gasteiger partial charge in [-0.15, -0.1) is 0 Å². The minimum Gasteiger partial charge on any atom is -0.388 e. The van der Waals surface area contributed by atoms with Crippen LogP contribution in [0.1, 0.15) is 30.6 Å². The van der Waals surface area contributed by atoms with E-state index in [0.29, 0.717) is 13.0 Å². The molecule has 0 saturated heterocycles. The van der Waals surface area contributed by atoms with Gasteiger partial charge in [0.25, 0.3) is 0 Å². The minimum atomic E-state index is -0.481. The Morgan fingerprint density at radius 1 is 1.12 bits per heavy atom. The molecule has 0 radical (unpaired) electrons. The second-order valence-corrected chi connectivity index (χ2v) is 6.21. The number of nitrogens with zero attached hydrogens (tertiary/aromatic N) is 2. The molecule has 130 valence electrons. The van der Waals surface area contributed by atoms with Gasteiger partial charge in [-0.25, -0.2) is 9.07 Å². The average Bonchev–Trinajstić information content (AvgIpc) is 3.10. The molecule has 1 aromatic heterocycles. The van der Waals surface area contributed by atoms with Crippen molar-refractivity contribution in [3.05, 3.63) is 83.9 Å². The smallest absolute Gasteiger partial charge is 0.123 e. The van der Waals surface area contributed by atoms with Gasteiger partial charge in [0.1, 0.15) is 5.82 Å². The van der Waals surface area contributed by atoms with Crippen LogP contribution in [0.4, 0.5) is 4.39 Å². The number of hydrogen-bond donors (Lipinski definition) is 2. The van der Waals surface area contributed by atoms with E-state index in [9.17, 15) is 9.50 Å². The van der Waals surface area contributed by atoms with Gasteiger partial charge in [0.15, 0.2) is 0 Å². The van der Waals surface area contributed by atoms with Crippen LogP contribution in [0.5, 0.6) is 0 Å². The summed E-state index contributed by atoms with van der Waals surface area (Å²) >= 11 is 0. The van der Waals surface area contributed by atoms with Gasteiger partial charge in [0, 0.05) is 24.3 Å². The summed E-state index contributed by atoms with van der Waals surface area (Å²) in [6.45, 7) is 2.71. The first-order chi connectivity index (χ1) is 12.1. The summed E-state index contributed by atoms with van der Waals surface area (Å²) in [5, 5.41) is 18.0. The van der Waals surface area contributed by atoms with E-state index in [4.69, 9.17) is 0 Å². The number of hydrogen-bond acceptors (Lipinski definition) is 3. The Balaban J connectivity index is 1.52. The fourth-order valence-corrected chi connectivity index (χ4v) is 2.71. The molecule has 3 rings (SSSR count). The minimum absolute atomic E-state index is 0.157. The number of aromatic nitrogens is 2. The third-order valence-corrected chi connectivity index (χ3v) is 4.14. The zero-order chi connectivity index (χ0) is 17.6. The number of rotatable bonds is 7. The molecule has 25 heavy (non-hydrogen) atoms. The SMILES string of the molecule is CC(CC(O)c1ccccc1)NCc1cnn(-c2ccc(F)cc2)c1. The van der Waals surface area contributed by atoms with Crippen LogP contribution in [-0.4, -0.2) is 20.9 Å². The molecule has 1 heterocycles. The van der Waals surface area contributed by atoms with Gasteiger partial charge < -0.3 is 10.4 Å². The highest BCUT2D eigenvalue weighted by atomic mass is 19.1. The van der Waals surface area contributed by atoms with Crippen LogP contribution >= 0.6 is 0 Å². The van der Waals surface area contributed by atoms with E-state index in [1.807, 2.05) is 36.5 Å². The van der Waals surface area contributed by atoms with Gasteiger partial charge in [0.2, 0.25) is 0 Å². The number of aliphatic hydroxyl groups excluding tert-OH is 1. The molecule has 0 spiro atoms. The van der Waals surface area contributed by atoms with Gasteiger partial charge in [-0.2, -0.15) is 5.10 Å². The van der Waals surface area contributed by atoms with Crippen molar-refractivity contribution in [3.63, 3.8) is 0 Å². The Morgan fingerprint density at radius 3 is 2.56 bits per heavy atom. The molecule has 3 aromatic rings. The van der Waals surface area contributed by atoms with Gasteiger partial charge in [-0.1, -0.05) is 30.3 Å². The monoisotopic (exact) mass is 339 g/mol. The lowest BCUT2D eigenvalue weighted by atomic mass is 10.0. The lowest BCUT2D eigenvalue weighted by Crippen LogP contribution is -2.27. The quantitative estimate of drug-likeness (QED) is 0.691. The highest BCUT2D eigenvalue weighted by molar-refractivity contribution is 5.31. The van der Waals surface area contributed by atoms with Gasteiger partial charge in [0.05, 0.1) is 18.0 Å². The molecule has 0 saturated carbocycles. The Labute approximate surface area is 146 Å². The number of nitrogens with one attached hydrogen (secondary N) is 1. The molecule has 2 aromatic carbocycles. The van der Waals surface area contributed by atoms with E-state index in [2.05, 4.69) is 17.3 Å². The Morgan fingerprint density at radius 2 is 1.84 bits per heavy atom. The van der Waals surface area contributed by atoms with Crippen molar-refractivity contribution in [2.24, 2.45) is 0 Å². The molecule has 0 aliphatic rings. The van der Waals surface area contributed by atoms with Gasteiger partial charge in [-0.05, 0) is 43.2 Å². The van der Waals surface area contributed by atoms with Crippen molar-refractivity contribution in [2.45, 2.75) is 32.0 Å². The zero-order valence-electron chi connectivity index (χ0n) is 14.1. The van der Waals surface area contributed by atoms with Crippen LogP contribution in [0.25, 0.3) is 5.69 Å². The van der Waals surface area contributed by atoms with Crippen molar-refractivity contribution < 1.29 is 9.50 Å². The lowest BCUT2D eigenvalue weighted by Gasteiger charge is -2.17. The largest absolute Gasteiger partial charge is 0.388 e. The van der Waals surface area contributed by atoms with E-state index in [-0.39, 0.29) is 11.9 Å². The maximum Gasteiger partial charge on any atom is 0.123 e. The van der Waals surface area contributed by atoms with Crippen LogP contribution in [0.2, 0.25) is 0 Å². The first-order valence-electron chi connectivity index (χ1n) is 8.37. The topological polar surface area (TPSA) is 50.1 Å². The second-order valence-electron chi connectivity index (χ2n) is 6.21. The van der Waals surface area contributed by atoms with Crippen molar-refractivity contribution >= 4 is 0 Å². The molecule has 0 aliphatic heterocycles. The summed E-state index contributed by atoms with van der Waals surface area (Å²) in [4.78, 5) is 0. The summed E-state index contributed by atoms with van der Waals surface area (Å²) in [6, 6.07) is 16.1. The normalized spacial score (nSPS) is 13.6. The predicted molar refractivity (Wildman–Crippen MR) is 95.8 cm³/mol. The first kappa shape index (κ1) is 17.3. The van der Waals surface area contributed by atoms with Crippen LogP contribution in [0.3, 0.4) is 0 Å². The molecule has 0 bridgehead atoms. The zero-order valence-corrected chi connectivity index (χ0v) is 14.1. The number of benzene rings is 2. The second kappa shape index (κ2) is 8.05. The maximum absolute atomic E-state index is 13.0.